The van der Waals surface area contributed by atoms with E-state index in [1.54, 1.807) is 36.7 Å². The molecule has 1 aliphatic rings. The first-order valence-electron chi connectivity index (χ1n) is 9.79. The Labute approximate surface area is 189 Å². The van der Waals surface area contributed by atoms with Crippen molar-refractivity contribution in [1.29, 1.82) is 10.5 Å². The van der Waals surface area contributed by atoms with Crippen molar-refractivity contribution in [3.63, 3.8) is 0 Å². The molecule has 0 unspecified atom stereocenters. The lowest BCUT2D eigenvalue weighted by atomic mass is 9.97. The predicted octanol–water partition coefficient (Wildman–Crippen LogP) is 2.90. The number of hydrogen-bond donors (Lipinski definition) is 2. The van der Waals surface area contributed by atoms with Gasteiger partial charge in [-0.15, -0.1) is 11.8 Å². The number of aliphatic hydroxyl groups is 1. The Kier molecular flexibility index (Phi) is 6.52. The third-order valence-electron chi connectivity index (χ3n) is 4.94. The van der Waals surface area contributed by atoms with Crippen LogP contribution in [0.1, 0.15) is 16.7 Å². The number of nitrogens with two attached hydrogens (primary N) is 1. The summed E-state index contributed by atoms with van der Waals surface area (Å²) in [4.78, 5) is 8.42. The van der Waals surface area contributed by atoms with E-state index in [4.69, 9.17) is 15.2 Å². The minimum absolute atomic E-state index is 0.0711. The quantitative estimate of drug-likeness (QED) is 0.548. The molecule has 0 spiro atoms. The van der Waals surface area contributed by atoms with Gasteiger partial charge in [-0.2, -0.15) is 10.5 Å². The second-order valence-electron chi connectivity index (χ2n) is 7.09. The van der Waals surface area contributed by atoms with Crippen LogP contribution in [-0.4, -0.2) is 40.5 Å². The molecule has 0 aliphatic carbocycles. The summed E-state index contributed by atoms with van der Waals surface area (Å²) in [5.74, 6) is 1.18. The number of pyridine rings is 2. The number of nitrogen functional groups attached to an aromatic ring is 1. The highest BCUT2D eigenvalue weighted by molar-refractivity contribution is 7.98. The van der Waals surface area contributed by atoms with Crippen LogP contribution < -0.4 is 10.5 Å². The van der Waals surface area contributed by atoms with Crippen molar-refractivity contribution in [3.05, 3.63) is 65.5 Å². The number of benzene rings is 1. The highest BCUT2D eigenvalue weighted by atomic mass is 32.2. The number of rotatable bonds is 6. The van der Waals surface area contributed by atoms with Gasteiger partial charge < -0.3 is 20.3 Å². The topological polar surface area (TPSA) is 138 Å². The van der Waals surface area contributed by atoms with Crippen molar-refractivity contribution in [2.75, 3.05) is 18.9 Å². The van der Waals surface area contributed by atoms with Gasteiger partial charge in [0.25, 0.3) is 0 Å². The molecule has 32 heavy (non-hydrogen) atoms. The number of aliphatic hydroxyl groups excluding tert-OH is 1. The Morgan fingerprint density at radius 1 is 1.16 bits per heavy atom. The number of ether oxygens (including phenoxy) is 2. The molecule has 3 aromatic rings. The molecule has 2 aromatic heterocycles. The number of thioether (sulfide) groups is 1. The molecule has 3 N–H and O–H groups in total. The van der Waals surface area contributed by atoms with Gasteiger partial charge in [0.1, 0.15) is 46.5 Å². The molecular formula is C23H19N5O3S. The molecule has 160 valence electrons. The van der Waals surface area contributed by atoms with Gasteiger partial charge in [-0.05, 0) is 29.3 Å². The van der Waals surface area contributed by atoms with Crippen LogP contribution in [0, 0.1) is 22.7 Å². The highest BCUT2D eigenvalue weighted by Gasteiger charge is 2.28. The van der Waals surface area contributed by atoms with Gasteiger partial charge in [0.2, 0.25) is 0 Å². The fraction of sp³-hybridized carbons (Fsp3) is 0.217. The van der Waals surface area contributed by atoms with Crippen LogP contribution in [0.2, 0.25) is 0 Å². The van der Waals surface area contributed by atoms with Crippen LogP contribution in [0.3, 0.4) is 0 Å². The average Bonchev–Trinajstić information content (AvgIpc) is 3.22. The molecule has 1 aliphatic heterocycles. The summed E-state index contributed by atoms with van der Waals surface area (Å²) in [6.45, 7) is 0.564. The Balaban J connectivity index is 1.67. The van der Waals surface area contributed by atoms with E-state index in [0.29, 0.717) is 34.3 Å². The van der Waals surface area contributed by atoms with Gasteiger partial charge in [-0.25, -0.2) is 4.98 Å². The number of nitrogens with zero attached hydrogens (tertiary/aromatic N) is 4. The second-order valence-corrected chi connectivity index (χ2v) is 8.05. The van der Waals surface area contributed by atoms with Gasteiger partial charge in [-0.3, -0.25) is 4.98 Å². The van der Waals surface area contributed by atoms with Crippen LogP contribution >= 0.6 is 11.8 Å². The minimum atomic E-state index is -0.676. The summed E-state index contributed by atoms with van der Waals surface area (Å²) in [7, 11) is 0. The molecule has 0 amide bonds. The van der Waals surface area contributed by atoms with Gasteiger partial charge in [0.15, 0.2) is 0 Å². The van der Waals surface area contributed by atoms with Crippen LogP contribution in [0.4, 0.5) is 5.82 Å². The van der Waals surface area contributed by atoms with Gasteiger partial charge >= 0.3 is 0 Å². The molecule has 0 saturated carbocycles. The van der Waals surface area contributed by atoms with Crippen LogP contribution in [0.25, 0.3) is 11.1 Å². The summed E-state index contributed by atoms with van der Waals surface area (Å²) in [5, 5.41) is 29.9. The predicted molar refractivity (Wildman–Crippen MR) is 119 cm³/mol. The lowest BCUT2D eigenvalue weighted by Crippen LogP contribution is -2.29. The summed E-state index contributed by atoms with van der Waals surface area (Å²) >= 11 is 1.36. The van der Waals surface area contributed by atoms with Crippen molar-refractivity contribution in [3.8, 4) is 29.0 Å². The number of aromatic nitrogens is 2. The van der Waals surface area contributed by atoms with E-state index in [1.165, 1.54) is 11.8 Å². The summed E-state index contributed by atoms with van der Waals surface area (Å²) in [6, 6.07) is 15.0. The maximum Gasteiger partial charge on any atom is 0.150 e. The Hall–Kier alpha value is -3.63. The number of anilines is 1. The zero-order valence-electron chi connectivity index (χ0n) is 16.9. The van der Waals surface area contributed by atoms with Crippen LogP contribution in [-0.2, 0) is 10.5 Å². The van der Waals surface area contributed by atoms with Gasteiger partial charge in [-0.1, -0.05) is 18.2 Å². The number of hydrogen-bond acceptors (Lipinski definition) is 9. The molecule has 8 nitrogen and oxygen atoms in total. The van der Waals surface area contributed by atoms with Gasteiger partial charge in [0.05, 0.1) is 18.8 Å². The van der Waals surface area contributed by atoms with E-state index in [-0.39, 0.29) is 23.6 Å². The van der Waals surface area contributed by atoms with E-state index in [2.05, 4.69) is 22.1 Å². The maximum absolute atomic E-state index is 9.91. The smallest absolute Gasteiger partial charge is 0.150 e. The molecule has 1 fully saturated rings. The molecule has 2 atom stereocenters. The zero-order chi connectivity index (χ0) is 22.5. The maximum atomic E-state index is 9.91. The summed E-state index contributed by atoms with van der Waals surface area (Å²) in [6.07, 6.45) is 2.33. The van der Waals surface area contributed by atoms with Crippen molar-refractivity contribution in [1.82, 2.24) is 9.97 Å². The van der Waals surface area contributed by atoms with Crippen molar-refractivity contribution in [2.45, 2.75) is 23.0 Å². The van der Waals surface area contributed by atoms with E-state index in [9.17, 15) is 15.6 Å². The molecule has 9 heteroatoms. The first-order valence-corrected chi connectivity index (χ1v) is 10.8. The summed E-state index contributed by atoms with van der Waals surface area (Å²) in [5.41, 5.74) is 8.59. The zero-order valence-corrected chi connectivity index (χ0v) is 17.7. The molecule has 1 aromatic carbocycles. The summed E-state index contributed by atoms with van der Waals surface area (Å²) < 4.78 is 11.0. The molecule has 4 rings (SSSR count). The first kappa shape index (κ1) is 21.6. The lowest BCUT2D eigenvalue weighted by molar-refractivity contribution is 0.0733. The van der Waals surface area contributed by atoms with E-state index in [1.807, 2.05) is 12.1 Å². The Bertz CT molecular complexity index is 1190. The third-order valence-corrected chi connectivity index (χ3v) is 5.99. The fourth-order valence-electron chi connectivity index (χ4n) is 3.34. The van der Waals surface area contributed by atoms with Gasteiger partial charge in [0, 0.05) is 23.7 Å². The average molecular weight is 446 g/mol. The van der Waals surface area contributed by atoms with E-state index >= 15 is 0 Å². The standard InChI is InChI=1S/C23H19N5O3S/c24-8-17-21(15-3-5-16(6-4-15)31-20-12-30-11-19(20)29)18(9-25)23(28-22(17)26)32-13-14-2-1-7-27-10-14/h1-7,10,19-20,29H,11-13H2,(H2,26,28)/t19-,20-/m1/s1. The molecule has 3 heterocycles. The number of nitriles is 2. The Morgan fingerprint density at radius 2 is 1.94 bits per heavy atom. The van der Waals surface area contributed by atoms with Crippen LogP contribution in [0.15, 0.2) is 53.8 Å². The largest absolute Gasteiger partial charge is 0.485 e. The molecule has 1 saturated heterocycles. The van der Waals surface area contributed by atoms with E-state index in [0.717, 1.165) is 5.56 Å². The Morgan fingerprint density at radius 3 is 2.56 bits per heavy atom. The van der Waals surface area contributed by atoms with E-state index < -0.39 is 12.2 Å². The molecule has 0 radical (unpaired) electrons. The van der Waals surface area contributed by atoms with Crippen molar-refractivity contribution < 1.29 is 14.6 Å². The monoisotopic (exact) mass is 445 g/mol. The molecule has 0 bridgehead atoms. The molecular weight excluding hydrogens is 426 g/mol. The first-order chi connectivity index (χ1) is 15.6. The van der Waals surface area contributed by atoms with Crippen LogP contribution in [0.5, 0.6) is 5.75 Å². The minimum Gasteiger partial charge on any atom is -0.485 e. The third kappa shape index (κ3) is 4.51. The lowest BCUT2D eigenvalue weighted by Gasteiger charge is -2.16. The fourth-order valence-corrected chi connectivity index (χ4v) is 4.27. The SMILES string of the molecule is N#Cc1c(N)nc(SCc2cccnc2)c(C#N)c1-c1ccc(O[C@@H]2COC[C@H]2O)cc1. The normalized spacial score (nSPS) is 17.5. The highest BCUT2D eigenvalue weighted by Crippen LogP contribution is 2.37. The second kappa shape index (κ2) is 9.67. The van der Waals surface area contributed by atoms with Crippen molar-refractivity contribution >= 4 is 17.6 Å². The van der Waals surface area contributed by atoms with Crippen molar-refractivity contribution in [2.24, 2.45) is 0 Å².